The minimum Gasteiger partial charge on any atom is -0.366 e. The van der Waals surface area contributed by atoms with Crippen LogP contribution in [0.25, 0.3) is 10.9 Å². The van der Waals surface area contributed by atoms with Gasteiger partial charge in [-0.15, -0.1) is 0 Å². The Hall–Kier alpha value is -5.00. The summed E-state index contributed by atoms with van der Waals surface area (Å²) in [5, 5.41) is 7.10. The number of anilines is 3. The number of aryl methyl sites for hydroxylation is 1. The van der Waals surface area contributed by atoms with E-state index in [0.717, 1.165) is 34.4 Å². The Bertz CT molecular complexity index is 1760. The largest absolute Gasteiger partial charge is 0.366 e. The maximum Gasteiger partial charge on any atom is 0.331 e. The van der Waals surface area contributed by atoms with Crippen LogP contribution in [0.4, 0.5) is 22.1 Å². The number of fused-ring (bicyclic) bond motifs is 1. The number of nitrogens with zero attached hydrogens (tertiary/aromatic N) is 7. The second-order valence-electron chi connectivity index (χ2n) is 11.2. The zero-order chi connectivity index (χ0) is 29.0. The highest BCUT2D eigenvalue weighted by Gasteiger charge is 2.46. The summed E-state index contributed by atoms with van der Waals surface area (Å²) in [6, 6.07) is 9.20. The molecule has 3 aromatic heterocycles. The molecule has 4 heterocycles. The van der Waals surface area contributed by atoms with Crippen molar-refractivity contribution in [3.63, 3.8) is 0 Å². The van der Waals surface area contributed by atoms with Gasteiger partial charge in [0.25, 0.3) is 0 Å². The van der Waals surface area contributed by atoms with E-state index in [-0.39, 0.29) is 36.2 Å². The van der Waals surface area contributed by atoms with E-state index in [1.807, 2.05) is 31.3 Å². The molecule has 2 atom stereocenters. The van der Waals surface area contributed by atoms with Crippen LogP contribution in [0.2, 0.25) is 0 Å². The monoisotopic (exact) mass is 563 g/mol. The summed E-state index contributed by atoms with van der Waals surface area (Å²) in [5.41, 5.74) is 4.24. The van der Waals surface area contributed by atoms with Crippen molar-refractivity contribution in [2.24, 2.45) is 5.92 Å². The smallest absolute Gasteiger partial charge is 0.331 e. The fourth-order valence-electron chi connectivity index (χ4n) is 5.39. The summed E-state index contributed by atoms with van der Waals surface area (Å²) in [6.45, 7) is 2.27. The standard InChI is InChI=1S/C30H29N9O3/c1-16-5-6-31-28(36-16)21-10-22(21)29(41)37-25-11-24(34-15-35-25)32-12-17-7-19-9-20(18-3-4-18)13-33-27(19)23(8-17)39-14-26(40)38(2)30(39)42/h5-9,11,13,15,18,21-22H,3-4,10,12,14H2,1-2H3,(H2,32,34,35,37,41). The van der Waals surface area contributed by atoms with Crippen LogP contribution in [-0.2, 0) is 16.1 Å². The van der Waals surface area contributed by atoms with E-state index in [0.29, 0.717) is 47.5 Å². The first-order valence-corrected chi connectivity index (χ1v) is 14.0. The molecule has 3 aliphatic rings. The van der Waals surface area contributed by atoms with Crippen LogP contribution >= 0.6 is 0 Å². The fraction of sp³-hybridized carbons (Fsp3) is 0.333. The lowest BCUT2D eigenvalue weighted by molar-refractivity contribution is -0.124. The Morgan fingerprint density at radius 3 is 2.64 bits per heavy atom. The molecule has 4 amide bonds. The predicted molar refractivity (Wildman–Crippen MR) is 155 cm³/mol. The van der Waals surface area contributed by atoms with E-state index < -0.39 is 0 Å². The van der Waals surface area contributed by atoms with Gasteiger partial charge in [0.15, 0.2) is 0 Å². The lowest BCUT2D eigenvalue weighted by Crippen LogP contribution is -2.30. The number of urea groups is 1. The molecule has 2 N–H and O–H groups in total. The summed E-state index contributed by atoms with van der Waals surface area (Å²) in [6.07, 6.45) is 8.00. The molecule has 0 spiro atoms. The summed E-state index contributed by atoms with van der Waals surface area (Å²) >= 11 is 0. The zero-order valence-electron chi connectivity index (χ0n) is 23.2. The van der Waals surface area contributed by atoms with Crippen molar-refractivity contribution >= 4 is 46.1 Å². The van der Waals surface area contributed by atoms with Crippen molar-refractivity contribution < 1.29 is 14.4 Å². The third kappa shape index (κ3) is 5.00. The molecule has 2 saturated carbocycles. The van der Waals surface area contributed by atoms with E-state index in [2.05, 4.69) is 36.6 Å². The first kappa shape index (κ1) is 25.9. The lowest BCUT2D eigenvalue weighted by Gasteiger charge is -2.19. The summed E-state index contributed by atoms with van der Waals surface area (Å²) in [4.78, 5) is 62.6. The fourth-order valence-corrected chi connectivity index (χ4v) is 5.39. The third-order valence-corrected chi connectivity index (χ3v) is 8.03. The van der Waals surface area contributed by atoms with E-state index >= 15 is 0 Å². The average molecular weight is 564 g/mol. The SMILES string of the molecule is Cc1ccnc(C2CC2C(=O)Nc2cc(NCc3cc(N4CC(=O)N(C)C4=O)c4ncc(C5CC5)cc4c3)ncn2)n1. The van der Waals surface area contributed by atoms with Gasteiger partial charge in [0, 0.05) is 55.0 Å². The number of imide groups is 1. The number of rotatable bonds is 8. The van der Waals surface area contributed by atoms with Gasteiger partial charge < -0.3 is 10.6 Å². The molecule has 2 unspecified atom stereocenters. The Morgan fingerprint density at radius 2 is 1.88 bits per heavy atom. The van der Waals surface area contributed by atoms with Crippen LogP contribution < -0.4 is 15.5 Å². The molecule has 42 heavy (non-hydrogen) atoms. The number of likely N-dealkylation sites (N-methyl/N-ethyl adjacent to an activating group) is 1. The van der Waals surface area contributed by atoms with Gasteiger partial charge in [0.05, 0.1) is 11.2 Å². The molecule has 1 aliphatic heterocycles. The lowest BCUT2D eigenvalue weighted by atomic mass is 10.0. The zero-order valence-corrected chi connectivity index (χ0v) is 23.2. The number of pyridine rings is 1. The van der Waals surface area contributed by atoms with Crippen LogP contribution in [-0.4, -0.2) is 61.3 Å². The van der Waals surface area contributed by atoms with E-state index in [4.69, 9.17) is 4.98 Å². The maximum atomic E-state index is 12.9. The van der Waals surface area contributed by atoms with Gasteiger partial charge in [0.2, 0.25) is 11.8 Å². The first-order valence-electron chi connectivity index (χ1n) is 14.0. The number of benzene rings is 1. The quantitative estimate of drug-likeness (QED) is 0.306. The maximum absolute atomic E-state index is 12.9. The minimum atomic E-state index is -0.373. The molecule has 1 saturated heterocycles. The van der Waals surface area contributed by atoms with Crippen molar-refractivity contribution in [3.8, 4) is 0 Å². The van der Waals surface area contributed by atoms with Crippen molar-refractivity contribution in [3.05, 3.63) is 71.7 Å². The molecule has 0 bridgehead atoms. The van der Waals surface area contributed by atoms with Gasteiger partial charge in [0.1, 0.15) is 30.3 Å². The Kier molecular flexibility index (Phi) is 6.25. The molecule has 4 aromatic rings. The summed E-state index contributed by atoms with van der Waals surface area (Å²) in [5.74, 6) is 1.59. The predicted octanol–water partition coefficient (Wildman–Crippen LogP) is 3.75. The molecular formula is C30H29N9O3. The number of hydrogen-bond acceptors (Lipinski definition) is 9. The Morgan fingerprint density at radius 1 is 1.05 bits per heavy atom. The molecule has 0 radical (unpaired) electrons. The summed E-state index contributed by atoms with van der Waals surface area (Å²) in [7, 11) is 1.49. The Labute approximate surface area is 241 Å². The number of carbonyl (C=O) groups is 3. The molecule has 212 valence electrons. The van der Waals surface area contributed by atoms with Gasteiger partial charge >= 0.3 is 6.03 Å². The molecule has 3 fully saturated rings. The molecule has 2 aliphatic carbocycles. The Balaban J connectivity index is 1.08. The number of carbonyl (C=O) groups excluding carboxylic acids is 3. The minimum absolute atomic E-state index is 0.0129. The van der Waals surface area contributed by atoms with Crippen molar-refractivity contribution in [2.75, 3.05) is 29.1 Å². The third-order valence-electron chi connectivity index (χ3n) is 8.03. The van der Waals surface area contributed by atoms with Crippen LogP contribution in [0.15, 0.2) is 49.1 Å². The van der Waals surface area contributed by atoms with Gasteiger partial charge in [-0.2, -0.15) is 0 Å². The molecule has 12 heteroatoms. The first-order chi connectivity index (χ1) is 20.3. The van der Waals surface area contributed by atoms with E-state index in [1.54, 1.807) is 12.3 Å². The highest BCUT2D eigenvalue weighted by atomic mass is 16.2. The van der Waals surface area contributed by atoms with Gasteiger partial charge in [-0.1, -0.05) is 0 Å². The number of amides is 4. The number of aromatic nitrogens is 5. The van der Waals surface area contributed by atoms with Gasteiger partial charge in [-0.05, 0) is 67.5 Å². The highest BCUT2D eigenvalue weighted by Crippen LogP contribution is 2.46. The van der Waals surface area contributed by atoms with E-state index in [9.17, 15) is 14.4 Å². The normalized spacial score (nSPS) is 19.9. The topological polar surface area (TPSA) is 146 Å². The van der Waals surface area contributed by atoms with Crippen LogP contribution in [0.1, 0.15) is 53.7 Å². The number of nitrogens with one attached hydrogen (secondary N) is 2. The molecule has 7 rings (SSSR count). The highest BCUT2D eigenvalue weighted by molar-refractivity contribution is 6.14. The van der Waals surface area contributed by atoms with E-state index in [1.165, 1.54) is 23.8 Å². The van der Waals surface area contributed by atoms with Crippen molar-refractivity contribution in [2.45, 2.75) is 44.6 Å². The average Bonchev–Trinajstić information content (AvgIpc) is 3.91. The van der Waals surface area contributed by atoms with Crippen molar-refractivity contribution in [1.82, 2.24) is 29.8 Å². The number of hydrogen-bond donors (Lipinski definition) is 2. The van der Waals surface area contributed by atoms with Crippen molar-refractivity contribution in [1.29, 1.82) is 0 Å². The second-order valence-corrected chi connectivity index (χ2v) is 11.2. The second kappa shape index (κ2) is 10.1. The van der Waals surface area contributed by atoms with Gasteiger partial charge in [-0.3, -0.25) is 24.4 Å². The van der Waals surface area contributed by atoms with Crippen LogP contribution in [0, 0.1) is 12.8 Å². The van der Waals surface area contributed by atoms with Crippen LogP contribution in [0.5, 0.6) is 0 Å². The molecule has 12 nitrogen and oxygen atoms in total. The van der Waals surface area contributed by atoms with Gasteiger partial charge in [-0.25, -0.2) is 24.7 Å². The molecule has 1 aromatic carbocycles. The van der Waals surface area contributed by atoms with Crippen LogP contribution in [0.3, 0.4) is 0 Å². The molecular weight excluding hydrogens is 534 g/mol. The summed E-state index contributed by atoms with van der Waals surface area (Å²) < 4.78 is 0.